The topological polar surface area (TPSA) is 63.2 Å². The Bertz CT molecular complexity index is 672. The first-order valence-electron chi connectivity index (χ1n) is 6.98. The molecule has 2 rings (SSSR count). The van der Waals surface area contributed by atoms with Gasteiger partial charge in [-0.1, -0.05) is 0 Å². The molecule has 0 aliphatic heterocycles. The maximum absolute atomic E-state index is 13.3. The Morgan fingerprint density at radius 3 is 2.74 bits per heavy atom. The average molecular weight is 341 g/mol. The summed E-state index contributed by atoms with van der Waals surface area (Å²) in [5, 5.41) is 6.09. The van der Waals surface area contributed by atoms with Gasteiger partial charge in [0, 0.05) is 10.9 Å². The van der Waals surface area contributed by atoms with Gasteiger partial charge in [0.25, 0.3) is 0 Å². The van der Waals surface area contributed by atoms with Crippen LogP contribution in [-0.2, 0) is 6.54 Å². The smallest absolute Gasteiger partial charge is 0.315 e. The lowest BCUT2D eigenvalue weighted by molar-refractivity contribution is 0.235. The standard InChI is InChI=1S/C15H17F2N3O2S/c1-9-10(2)23-14(20-9)8-19-15(21)18-5-6-22-13-4-3-11(16)7-12(13)17/h3-4,7H,5-6,8H2,1-2H3,(H2,18,19,21). The summed E-state index contributed by atoms with van der Waals surface area (Å²) in [6.07, 6.45) is 0. The highest BCUT2D eigenvalue weighted by atomic mass is 32.1. The van der Waals surface area contributed by atoms with Gasteiger partial charge < -0.3 is 15.4 Å². The average Bonchev–Trinajstić information content (AvgIpc) is 2.82. The minimum atomic E-state index is -0.774. The van der Waals surface area contributed by atoms with Crippen molar-refractivity contribution in [2.45, 2.75) is 20.4 Å². The molecule has 1 heterocycles. The molecule has 0 spiro atoms. The molecule has 0 bridgehead atoms. The van der Waals surface area contributed by atoms with Crippen LogP contribution in [0.1, 0.15) is 15.6 Å². The number of urea groups is 1. The van der Waals surface area contributed by atoms with Crippen LogP contribution < -0.4 is 15.4 Å². The Morgan fingerprint density at radius 1 is 1.30 bits per heavy atom. The maximum Gasteiger partial charge on any atom is 0.315 e. The number of nitrogens with zero attached hydrogens (tertiary/aromatic N) is 1. The van der Waals surface area contributed by atoms with Crippen LogP contribution in [0.4, 0.5) is 13.6 Å². The number of aromatic nitrogens is 1. The van der Waals surface area contributed by atoms with Crippen LogP contribution >= 0.6 is 11.3 Å². The van der Waals surface area contributed by atoms with Crippen LogP contribution in [0.25, 0.3) is 0 Å². The van der Waals surface area contributed by atoms with E-state index in [1.165, 1.54) is 17.4 Å². The molecule has 0 aliphatic carbocycles. The minimum absolute atomic E-state index is 0.0534. The summed E-state index contributed by atoms with van der Waals surface area (Å²) in [6.45, 7) is 4.51. The molecule has 1 aromatic carbocycles. The van der Waals surface area contributed by atoms with Crippen molar-refractivity contribution < 1.29 is 18.3 Å². The summed E-state index contributed by atoms with van der Waals surface area (Å²) in [5.74, 6) is -1.49. The van der Waals surface area contributed by atoms with Crippen molar-refractivity contribution >= 4 is 17.4 Å². The molecule has 124 valence electrons. The molecule has 2 aromatic rings. The Kier molecular flexibility index (Phi) is 5.86. The van der Waals surface area contributed by atoms with E-state index in [1.807, 2.05) is 13.8 Å². The fourth-order valence-electron chi connectivity index (χ4n) is 1.75. The van der Waals surface area contributed by atoms with Gasteiger partial charge in [0.05, 0.1) is 18.8 Å². The van der Waals surface area contributed by atoms with E-state index in [-0.39, 0.29) is 24.9 Å². The van der Waals surface area contributed by atoms with Crippen molar-refractivity contribution in [3.05, 3.63) is 45.4 Å². The number of hydrogen-bond donors (Lipinski definition) is 2. The summed E-state index contributed by atoms with van der Waals surface area (Å²) < 4.78 is 31.2. The first-order chi connectivity index (χ1) is 11.0. The molecule has 0 aliphatic rings. The van der Waals surface area contributed by atoms with Gasteiger partial charge in [0.15, 0.2) is 11.6 Å². The molecule has 1 aromatic heterocycles. The largest absolute Gasteiger partial charge is 0.489 e. The first-order valence-corrected chi connectivity index (χ1v) is 7.80. The van der Waals surface area contributed by atoms with Crippen molar-refractivity contribution in [2.75, 3.05) is 13.2 Å². The zero-order chi connectivity index (χ0) is 16.8. The van der Waals surface area contributed by atoms with E-state index in [4.69, 9.17) is 4.74 Å². The van der Waals surface area contributed by atoms with Crippen LogP contribution in [0.5, 0.6) is 5.75 Å². The number of carbonyl (C=O) groups excluding carboxylic acids is 1. The number of aryl methyl sites for hydroxylation is 2. The van der Waals surface area contributed by atoms with Crippen LogP contribution in [0, 0.1) is 25.5 Å². The van der Waals surface area contributed by atoms with Gasteiger partial charge in [-0.2, -0.15) is 0 Å². The third kappa shape index (κ3) is 5.17. The second kappa shape index (κ2) is 7.87. The predicted molar refractivity (Wildman–Crippen MR) is 83.7 cm³/mol. The number of benzene rings is 1. The lowest BCUT2D eigenvalue weighted by Gasteiger charge is -2.09. The Hall–Kier alpha value is -2.22. The molecule has 0 saturated carbocycles. The van der Waals surface area contributed by atoms with Crippen LogP contribution in [0.2, 0.25) is 0 Å². The molecule has 0 fully saturated rings. The van der Waals surface area contributed by atoms with Crippen molar-refractivity contribution in [1.29, 1.82) is 0 Å². The van der Waals surface area contributed by atoms with E-state index in [9.17, 15) is 13.6 Å². The van der Waals surface area contributed by atoms with Gasteiger partial charge in [-0.25, -0.2) is 18.6 Å². The maximum atomic E-state index is 13.3. The second-order valence-electron chi connectivity index (χ2n) is 4.78. The lowest BCUT2D eigenvalue weighted by atomic mass is 10.3. The number of rotatable bonds is 6. The lowest BCUT2D eigenvalue weighted by Crippen LogP contribution is -2.37. The number of thiazole rings is 1. The molecule has 23 heavy (non-hydrogen) atoms. The molecule has 0 saturated heterocycles. The van der Waals surface area contributed by atoms with Crippen molar-refractivity contribution in [3.63, 3.8) is 0 Å². The fourth-order valence-corrected chi connectivity index (χ4v) is 2.62. The highest BCUT2D eigenvalue weighted by molar-refractivity contribution is 7.11. The van der Waals surface area contributed by atoms with E-state index in [2.05, 4.69) is 15.6 Å². The zero-order valence-corrected chi connectivity index (χ0v) is 13.6. The summed E-state index contributed by atoms with van der Waals surface area (Å²) in [5.41, 5.74) is 0.960. The summed E-state index contributed by atoms with van der Waals surface area (Å²) in [6, 6.07) is 2.70. The van der Waals surface area contributed by atoms with Gasteiger partial charge in [0.1, 0.15) is 17.4 Å². The molecule has 0 unspecified atom stereocenters. The van der Waals surface area contributed by atoms with Crippen LogP contribution in [-0.4, -0.2) is 24.2 Å². The van der Waals surface area contributed by atoms with Gasteiger partial charge in [-0.3, -0.25) is 0 Å². The summed E-state index contributed by atoms with van der Waals surface area (Å²) in [7, 11) is 0. The number of ether oxygens (including phenoxy) is 1. The molecular formula is C15H17F2N3O2S. The zero-order valence-electron chi connectivity index (χ0n) is 12.8. The first kappa shape index (κ1) is 17.1. The van der Waals surface area contributed by atoms with E-state index in [0.29, 0.717) is 6.54 Å². The van der Waals surface area contributed by atoms with E-state index in [1.54, 1.807) is 0 Å². The monoisotopic (exact) mass is 341 g/mol. The SMILES string of the molecule is Cc1nc(CNC(=O)NCCOc2ccc(F)cc2F)sc1C. The number of carbonyl (C=O) groups is 1. The van der Waals surface area contributed by atoms with E-state index in [0.717, 1.165) is 27.7 Å². The molecule has 0 radical (unpaired) electrons. The number of hydrogen-bond acceptors (Lipinski definition) is 4. The highest BCUT2D eigenvalue weighted by Crippen LogP contribution is 2.17. The molecule has 5 nitrogen and oxygen atoms in total. The number of halogens is 2. The van der Waals surface area contributed by atoms with E-state index >= 15 is 0 Å². The van der Waals surface area contributed by atoms with Crippen molar-refractivity contribution in [3.8, 4) is 5.75 Å². The Balaban J connectivity index is 1.66. The molecule has 2 amide bonds. The van der Waals surface area contributed by atoms with Gasteiger partial charge in [0.2, 0.25) is 0 Å². The molecule has 0 atom stereocenters. The van der Waals surface area contributed by atoms with E-state index < -0.39 is 11.6 Å². The summed E-state index contributed by atoms with van der Waals surface area (Å²) in [4.78, 5) is 17.0. The van der Waals surface area contributed by atoms with Crippen LogP contribution in [0.15, 0.2) is 18.2 Å². The number of nitrogens with one attached hydrogen (secondary N) is 2. The minimum Gasteiger partial charge on any atom is -0.489 e. The van der Waals surface area contributed by atoms with Crippen LogP contribution in [0.3, 0.4) is 0 Å². The third-order valence-corrected chi connectivity index (χ3v) is 4.08. The fraction of sp³-hybridized carbons (Fsp3) is 0.333. The predicted octanol–water partition coefficient (Wildman–Crippen LogP) is 2.92. The third-order valence-electron chi connectivity index (χ3n) is 3.01. The molecule has 2 N–H and O–H groups in total. The second-order valence-corrected chi connectivity index (χ2v) is 6.07. The van der Waals surface area contributed by atoms with Gasteiger partial charge in [-0.05, 0) is 26.0 Å². The normalized spacial score (nSPS) is 10.4. The summed E-state index contributed by atoms with van der Waals surface area (Å²) >= 11 is 1.53. The van der Waals surface area contributed by atoms with Gasteiger partial charge in [-0.15, -0.1) is 11.3 Å². The molecule has 8 heteroatoms. The Labute approximate surface area is 136 Å². The molecular weight excluding hydrogens is 324 g/mol. The van der Waals surface area contributed by atoms with Gasteiger partial charge >= 0.3 is 6.03 Å². The quantitative estimate of drug-likeness (QED) is 0.794. The highest BCUT2D eigenvalue weighted by Gasteiger charge is 2.07. The van der Waals surface area contributed by atoms with Crippen molar-refractivity contribution in [1.82, 2.24) is 15.6 Å². The Morgan fingerprint density at radius 2 is 2.09 bits per heavy atom. The number of amides is 2. The van der Waals surface area contributed by atoms with Crippen molar-refractivity contribution in [2.24, 2.45) is 0 Å².